The van der Waals surface area contributed by atoms with Crippen LogP contribution in [0.5, 0.6) is 0 Å². The van der Waals surface area contributed by atoms with Crippen LogP contribution in [0.1, 0.15) is 26.3 Å². The lowest BCUT2D eigenvalue weighted by Crippen LogP contribution is -2.33. The van der Waals surface area contributed by atoms with Crippen molar-refractivity contribution in [2.75, 3.05) is 13.2 Å². The van der Waals surface area contributed by atoms with Crippen molar-refractivity contribution >= 4 is 11.9 Å². The predicted molar refractivity (Wildman–Crippen MR) is 72.1 cm³/mol. The van der Waals surface area contributed by atoms with Gasteiger partial charge >= 0.3 is 5.97 Å². The fourth-order valence-electron chi connectivity index (χ4n) is 2.59. The molecule has 0 bridgehead atoms. The summed E-state index contributed by atoms with van der Waals surface area (Å²) in [6, 6.07) is 9.00. The molecule has 0 saturated carbocycles. The van der Waals surface area contributed by atoms with Gasteiger partial charge in [-0.3, -0.25) is 4.79 Å². The molecule has 0 aliphatic carbocycles. The van der Waals surface area contributed by atoms with Gasteiger partial charge in [0.2, 0.25) is 5.91 Å². The second-order valence-corrected chi connectivity index (χ2v) is 4.68. The Morgan fingerprint density at radius 2 is 2.20 bits per heavy atom. The highest BCUT2D eigenvalue weighted by molar-refractivity contribution is 5.92. The number of hydrogen-bond acceptors (Lipinski definition) is 4. The molecule has 0 aromatic heterocycles. The third-order valence-electron chi connectivity index (χ3n) is 3.46. The normalized spacial score (nSPS) is 23.1. The van der Waals surface area contributed by atoms with Crippen molar-refractivity contribution in [3.05, 3.63) is 47.6 Å². The summed E-state index contributed by atoms with van der Waals surface area (Å²) >= 11 is 0. The van der Waals surface area contributed by atoms with E-state index in [1.54, 1.807) is 11.9 Å². The van der Waals surface area contributed by atoms with Crippen LogP contribution in [0.3, 0.4) is 0 Å². The molecule has 3 rings (SSSR count). The van der Waals surface area contributed by atoms with Gasteiger partial charge in [0.05, 0.1) is 19.6 Å². The van der Waals surface area contributed by atoms with Crippen LogP contribution in [0, 0.1) is 0 Å². The predicted octanol–water partition coefficient (Wildman–Crippen LogP) is 1.64. The zero-order valence-electron chi connectivity index (χ0n) is 12.2. The maximum Gasteiger partial charge on any atom is 0.337 e. The molecule has 0 spiro atoms. The molecule has 2 aliphatic rings. The molecule has 1 aromatic rings. The lowest BCUT2D eigenvalue weighted by atomic mass is 10.00. The summed E-state index contributed by atoms with van der Waals surface area (Å²) in [5.74, 6) is -0.682. The van der Waals surface area contributed by atoms with E-state index in [-0.39, 0.29) is 24.3 Å². The van der Waals surface area contributed by atoms with Gasteiger partial charge in [0.25, 0.3) is 0 Å². The van der Waals surface area contributed by atoms with E-state index in [0.717, 1.165) is 5.56 Å². The van der Waals surface area contributed by atoms with Crippen LogP contribution in [0.15, 0.2) is 42.1 Å². The number of hydrogen-bond donors (Lipinski definition) is 0. The van der Waals surface area contributed by atoms with E-state index in [0.29, 0.717) is 13.0 Å². The van der Waals surface area contributed by atoms with Crippen LogP contribution in [0.25, 0.3) is 0 Å². The fourth-order valence-corrected chi connectivity index (χ4v) is 2.59. The zero-order valence-corrected chi connectivity index (χ0v) is 11.2. The van der Waals surface area contributed by atoms with Gasteiger partial charge in [-0.15, -0.1) is 0 Å². The summed E-state index contributed by atoms with van der Waals surface area (Å²) in [5.41, 5.74) is 1.11. The van der Waals surface area contributed by atoms with Crippen molar-refractivity contribution in [1.29, 1.82) is 0 Å². The number of nitrogens with zero attached hydrogens (tertiary/aromatic N) is 2. The van der Waals surface area contributed by atoms with Crippen LogP contribution in [-0.2, 0) is 14.3 Å². The first-order valence-electron chi connectivity index (χ1n) is 7.17. The van der Waals surface area contributed by atoms with Gasteiger partial charge in [0.1, 0.15) is 0 Å². The summed E-state index contributed by atoms with van der Waals surface area (Å²) in [5, 5.41) is 3.07. The summed E-state index contributed by atoms with van der Waals surface area (Å²) < 4.78 is 13.2. The topological polar surface area (TPSA) is 49.9 Å². The highest BCUT2D eigenvalue weighted by Crippen LogP contribution is 2.39. The van der Waals surface area contributed by atoms with Crippen LogP contribution in [0.4, 0.5) is 0 Å². The van der Waals surface area contributed by atoms with E-state index < -0.39 is 12.0 Å². The Kier molecular flexibility index (Phi) is 2.97. The molecule has 20 heavy (non-hydrogen) atoms. The van der Waals surface area contributed by atoms with Crippen LogP contribution in [0.2, 0.25) is 0 Å². The Bertz CT molecular complexity index is 615. The van der Waals surface area contributed by atoms with Crippen molar-refractivity contribution in [1.82, 2.24) is 10.0 Å². The van der Waals surface area contributed by atoms with E-state index in [2.05, 4.69) is 0 Å². The van der Waals surface area contributed by atoms with Crippen LogP contribution >= 0.6 is 0 Å². The van der Waals surface area contributed by atoms with Crippen molar-refractivity contribution in [3.63, 3.8) is 0 Å². The van der Waals surface area contributed by atoms with Gasteiger partial charge in [-0.2, -0.15) is 0 Å². The molecule has 1 fully saturated rings. The maximum absolute atomic E-state index is 12.2. The van der Waals surface area contributed by atoms with Gasteiger partial charge in [0.15, 0.2) is 0 Å². The molecular formula is C15H16N2O3. The second kappa shape index (κ2) is 5.09. The molecule has 1 saturated heterocycles. The van der Waals surface area contributed by atoms with Gasteiger partial charge in [-0.25, -0.2) is 14.8 Å². The zero-order chi connectivity index (χ0) is 15.0. The summed E-state index contributed by atoms with van der Waals surface area (Å²) in [7, 11) is 0. The molecule has 1 aromatic carbocycles. The average molecular weight is 273 g/mol. The summed E-state index contributed by atoms with van der Waals surface area (Å²) in [4.78, 5) is 24.2. The molecule has 104 valence electrons. The largest absolute Gasteiger partial charge is 0.463 e. The van der Waals surface area contributed by atoms with Gasteiger partial charge < -0.3 is 4.74 Å². The molecule has 1 amide bonds. The number of amides is 1. The van der Waals surface area contributed by atoms with Crippen LogP contribution < -0.4 is 0 Å². The second-order valence-electron chi connectivity index (χ2n) is 4.68. The lowest BCUT2D eigenvalue weighted by molar-refractivity contribution is -0.139. The van der Waals surface area contributed by atoms with E-state index in [1.807, 2.05) is 30.3 Å². The molecule has 0 radical (unpaired) electrons. The Labute approximate surface area is 118 Å². The maximum atomic E-state index is 12.2. The van der Waals surface area contributed by atoms with Crippen molar-refractivity contribution in [2.45, 2.75) is 19.4 Å². The van der Waals surface area contributed by atoms with Gasteiger partial charge in [0, 0.05) is 19.1 Å². The minimum absolute atomic E-state index is 0.0650. The van der Waals surface area contributed by atoms with E-state index >= 15 is 0 Å². The monoisotopic (exact) mass is 273 g/mol. The minimum atomic E-state index is -0.529. The molecule has 1 unspecified atom stereocenters. The van der Waals surface area contributed by atoms with Crippen molar-refractivity contribution in [2.24, 2.45) is 0 Å². The molecule has 2 aliphatic heterocycles. The van der Waals surface area contributed by atoms with Gasteiger partial charge in [-0.1, -0.05) is 30.3 Å². The third-order valence-corrected chi connectivity index (χ3v) is 3.46. The number of carbonyl (C=O) groups excluding carboxylic acids is 2. The summed E-state index contributed by atoms with van der Waals surface area (Å²) in [6.45, 7) is 2.47. The highest BCUT2D eigenvalue weighted by atomic mass is 16.5. The van der Waals surface area contributed by atoms with E-state index in [1.165, 1.54) is 5.01 Å². The number of esters is 1. The lowest BCUT2D eigenvalue weighted by Gasteiger charge is -2.26. The Hall–Kier alpha value is -2.14. The number of ether oxygens (including phenoxy) is 1. The standard InChI is InChI=1S/C15H16N2O3/c1-2-20-15(19)12-10-17-13(18)8-9-16(17)14(12)11-6-4-3-5-7-11/h3-7,10,14H,2,8-9H2,1H3/i10D. The Morgan fingerprint density at radius 1 is 1.45 bits per heavy atom. The fraction of sp³-hybridized carbons (Fsp3) is 0.333. The molecular weight excluding hydrogens is 256 g/mol. The van der Waals surface area contributed by atoms with Crippen LogP contribution in [-0.4, -0.2) is 35.0 Å². The number of benzene rings is 1. The van der Waals surface area contributed by atoms with Crippen molar-refractivity contribution in [3.8, 4) is 0 Å². The average Bonchev–Trinajstić information content (AvgIpc) is 2.99. The quantitative estimate of drug-likeness (QED) is 0.786. The molecule has 1 atom stereocenters. The van der Waals surface area contributed by atoms with Gasteiger partial charge in [-0.05, 0) is 12.5 Å². The summed E-state index contributed by atoms with van der Waals surface area (Å²) in [6.07, 6.45) is 0.298. The molecule has 2 heterocycles. The van der Waals surface area contributed by atoms with E-state index in [9.17, 15) is 9.59 Å². The van der Waals surface area contributed by atoms with Crippen molar-refractivity contribution < 1.29 is 15.7 Å². The SMILES string of the molecule is [2H]C1=C(C(=O)OCC)C(c2ccccc2)N2CCC(=O)N12. The third kappa shape index (κ3) is 2.00. The first kappa shape index (κ1) is 11.7. The smallest absolute Gasteiger partial charge is 0.337 e. The number of carbonyl (C=O) groups is 2. The number of hydrazine groups is 1. The first-order valence-corrected chi connectivity index (χ1v) is 6.67. The Morgan fingerprint density at radius 3 is 2.90 bits per heavy atom. The number of fused-ring (bicyclic) bond motifs is 1. The molecule has 5 nitrogen and oxygen atoms in total. The van der Waals surface area contributed by atoms with E-state index in [4.69, 9.17) is 6.11 Å². The molecule has 0 N–H and O–H groups in total. The number of rotatable bonds is 3. The Balaban J connectivity index is 2.07. The first-order chi connectivity index (χ1) is 10.1. The highest BCUT2D eigenvalue weighted by Gasteiger charge is 2.43. The minimum Gasteiger partial charge on any atom is -0.463 e. The molecule has 5 heteroatoms.